The van der Waals surface area contributed by atoms with Crippen LogP contribution in [0.15, 0.2) is 53.9 Å². The summed E-state index contributed by atoms with van der Waals surface area (Å²) in [5.41, 5.74) is 9.86. The lowest BCUT2D eigenvalue weighted by molar-refractivity contribution is 0.319. The summed E-state index contributed by atoms with van der Waals surface area (Å²) in [7, 11) is 0. The van der Waals surface area contributed by atoms with Crippen LogP contribution in [0.2, 0.25) is 0 Å². The molecule has 0 aliphatic heterocycles. The molecule has 0 radical (unpaired) electrons. The van der Waals surface area contributed by atoms with Crippen molar-refractivity contribution in [3.05, 3.63) is 53.9 Å². The van der Waals surface area contributed by atoms with E-state index in [1.165, 1.54) is 0 Å². The summed E-state index contributed by atoms with van der Waals surface area (Å²) < 4.78 is 5.61. The highest BCUT2D eigenvalue weighted by atomic mass is 32.1. The lowest BCUT2D eigenvalue weighted by Gasteiger charge is -2.08. The number of aromatic nitrogens is 1. The van der Waals surface area contributed by atoms with Gasteiger partial charge in [-0.05, 0) is 24.6 Å². The fourth-order valence-electron chi connectivity index (χ4n) is 2.17. The quantitative estimate of drug-likeness (QED) is 0.685. The Morgan fingerprint density at radius 1 is 1.09 bits per heavy atom. The van der Waals surface area contributed by atoms with Crippen molar-refractivity contribution in [2.45, 2.75) is 13.3 Å². The number of hydrogen-bond acceptors (Lipinski definition) is 4. The van der Waals surface area contributed by atoms with Crippen molar-refractivity contribution in [1.82, 2.24) is 4.98 Å². The van der Waals surface area contributed by atoms with Crippen molar-refractivity contribution in [2.75, 3.05) is 12.3 Å². The van der Waals surface area contributed by atoms with Gasteiger partial charge in [0.1, 0.15) is 10.8 Å². The minimum absolute atomic E-state index is 0.655. The summed E-state index contributed by atoms with van der Waals surface area (Å²) in [5, 5.41) is 3.04. The van der Waals surface area contributed by atoms with E-state index in [0.717, 1.165) is 34.0 Å². The molecule has 0 fully saturated rings. The maximum absolute atomic E-state index is 6.07. The smallest absolute Gasteiger partial charge is 0.142 e. The number of ether oxygens (including phenoxy) is 1. The van der Waals surface area contributed by atoms with Crippen LogP contribution in [0.4, 0.5) is 5.69 Å². The van der Waals surface area contributed by atoms with Gasteiger partial charge < -0.3 is 10.5 Å². The van der Waals surface area contributed by atoms with Gasteiger partial charge in [-0.3, -0.25) is 0 Å². The first kappa shape index (κ1) is 14.6. The molecule has 112 valence electrons. The number of anilines is 1. The normalized spacial score (nSPS) is 10.6. The van der Waals surface area contributed by atoms with Crippen LogP contribution in [-0.2, 0) is 0 Å². The largest absolute Gasteiger partial charge is 0.491 e. The Bertz CT molecular complexity index is 753. The van der Waals surface area contributed by atoms with Crippen molar-refractivity contribution in [1.29, 1.82) is 0 Å². The maximum Gasteiger partial charge on any atom is 0.142 e. The fourth-order valence-corrected chi connectivity index (χ4v) is 3.00. The van der Waals surface area contributed by atoms with Crippen LogP contribution >= 0.6 is 11.3 Å². The summed E-state index contributed by atoms with van der Waals surface area (Å²) in [4.78, 5) is 4.71. The van der Waals surface area contributed by atoms with Crippen molar-refractivity contribution in [3.8, 4) is 27.6 Å². The fraction of sp³-hybridized carbons (Fsp3) is 0.167. The average Bonchev–Trinajstić information content (AvgIpc) is 3.04. The summed E-state index contributed by atoms with van der Waals surface area (Å²) in [6.07, 6.45) is 0.966. The van der Waals surface area contributed by atoms with Gasteiger partial charge in [0.05, 0.1) is 18.0 Å². The molecule has 22 heavy (non-hydrogen) atoms. The second-order valence-electron chi connectivity index (χ2n) is 5.00. The molecule has 0 saturated carbocycles. The summed E-state index contributed by atoms with van der Waals surface area (Å²) in [6.45, 7) is 2.75. The van der Waals surface area contributed by atoms with E-state index in [9.17, 15) is 0 Å². The minimum Gasteiger partial charge on any atom is -0.491 e. The number of rotatable bonds is 5. The highest BCUT2D eigenvalue weighted by Gasteiger charge is 2.09. The molecule has 1 heterocycles. The van der Waals surface area contributed by atoms with Gasteiger partial charge in [0.25, 0.3) is 0 Å². The summed E-state index contributed by atoms with van der Waals surface area (Å²) in [6, 6.07) is 16.0. The van der Waals surface area contributed by atoms with E-state index in [1.807, 2.05) is 36.4 Å². The Balaban J connectivity index is 1.86. The predicted octanol–water partition coefficient (Wildman–Crippen LogP) is 4.85. The van der Waals surface area contributed by atoms with Crippen LogP contribution in [0.25, 0.3) is 21.8 Å². The average molecular weight is 310 g/mol. The minimum atomic E-state index is 0.655. The Morgan fingerprint density at radius 3 is 2.64 bits per heavy atom. The topological polar surface area (TPSA) is 48.1 Å². The zero-order valence-corrected chi connectivity index (χ0v) is 13.3. The molecule has 0 saturated heterocycles. The number of nitrogen functional groups attached to an aromatic ring is 1. The molecule has 0 aliphatic rings. The van der Waals surface area contributed by atoms with Crippen molar-refractivity contribution < 1.29 is 4.74 Å². The molecular formula is C18H18N2OS. The molecule has 0 spiro atoms. The molecule has 3 rings (SSSR count). The van der Waals surface area contributed by atoms with Crippen LogP contribution in [0.1, 0.15) is 13.3 Å². The van der Waals surface area contributed by atoms with E-state index >= 15 is 0 Å². The lowest BCUT2D eigenvalue weighted by Crippen LogP contribution is -1.99. The van der Waals surface area contributed by atoms with E-state index in [0.29, 0.717) is 12.3 Å². The van der Waals surface area contributed by atoms with Crippen LogP contribution in [0, 0.1) is 0 Å². The molecule has 2 aromatic carbocycles. The third-order valence-electron chi connectivity index (χ3n) is 3.29. The highest BCUT2D eigenvalue weighted by molar-refractivity contribution is 7.13. The Labute approximate surface area is 134 Å². The second-order valence-corrected chi connectivity index (χ2v) is 5.86. The number of benzene rings is 2. The number of nitrogens with two attached hydrogens (primary N) is 1. The van der Waals surface area contributed by atoms with E-state index in [1.54, 1.807) is 11.3 Å². The molecule has 2 N–H and O–H groups in total. The zero-order valence-electron chi connectivity index (χ0n) is 12.5. The van der Waals surface area contributed by atoms with Crippen molar-refractivity contribution >= 4 is 17.0 Å². The monoisotopic (exact) mass is 310 g/mol. The molecule has 0 atom stereocenters. The molecular weight excluding hydrogens is 292 g/mol. The molecule has 3 nitrogen and oxygen atoms in total. The first-order valence-corrected chi connectivity index (χ1v) is 8.19. The summed E-state index contributed by atoms with van der Waals surface area (Å²) >= 11 is 1.62. The van der Waals surface area contributed by atoms with Crippen LogP contribution in [0.3, 0.4) is 0 Å². The van der Waals surface area contributed by atoms with E-state index in [4.69, 9.17) is 15.5 Å². The van der Waals surface area contributed by atoms with Crippen molar-refractivity contribution in [3.63, 3.8) is 0 Å². The molecule has 0 amide bonds. The number of nitrogens with zero attached hydrogens (tertiary/aromatic N) is 1. The maximum atomic E-state index is 6.07. The van der Waals surface area contributed by atoms with Gasteiger partial charge in [0, 0.05) is 16.5 Å². The molecule has 0 unspecified atom stereocenters. The van der Waals surface area contributed by atoms with Gasteiger partial charge >= 0.3 is 0 Å². The highest BCUT2D eigenvalue weighted by Crippen LogP contribution is 2.32. The van der Waals surface area contributed by atoms with Gasteiger partial charge in [0.2, 0.25) is 0 Å². The molecule has 3 aromatic rings. The Hall–Kier alpha value is -2.33. The van der Waals surface area contributed by atoms with E-state index in [-0.39, 0.29) is 0 Å². The third kappa shape index (κ3) is 3.12. The van der Waals surface area contributed by atoms with Gasteiger partial charge in [-0.2, -0.15) is 0 Å². The predicted molar refractivity (Wildman–Crippen MR) is 93.2 cm³/mol. The zero-order chi connectivity index (χ0) is 15.4. The van der Waals surface area contributed by atoms with Crippen LogP contribution in [0.5, 0.6) is 5.75 Å². The number of hydrogen-bond donors (Lipinski definition) is 1. The molecule has 0 aliphatic carbocycles. The first-order chi connectivity index (χ1) is 10.8. The first-order valence-electron chi connectivity index (χ1n) is 7.31. The molecule has 0 bridgehead atoms. The Morgan fingerprint density at radius 2 is 1.91 bits per heavy atom. The van der Waals surface area contributed by atoms with E-state index < -0.39 is 0 Å². The molecule has 1 aromatic heterocycles. The third-order valence-corrected chi connectivity index (χ3v) is 4.18. The van der Waals surface area contributed by atoms with Crippen LogP contribution < -0.4 is 10.5 Å². The number of thiazole rings is 1. The van der Waals surface area contributed by atoms with Gasteiger partial charge in [-0.1, -0.05) is 37.3 Å². The second kappa shape index (κ2) is 6.62. The van der Waals surface area contributed by atoms with E-state index in [2.05, 4.69) is 24.4 Å². The molecule has 4 heteroatoms. The van der Waals surface area contributed by atoms with Gasteiger partial charge in [-0.25, -0.2) is 4.98 Å². The standard InChI is InChI=1S/C18H18N2OS/c1-2-10-21-17-9-8-14(11-15(17)19)18-20-16(12-22-18)13-6-4-3-5-7-13/h3-9,11-12H,2,10,19H2,1H3. The van der Waals surface area contributed by atoms with Gasteiger partial charge in [0.15, 0.2) is 0 Å². The lowest BCUT2D eigenvalue weighted by atomic mass is 10.1. The Kier molecular flexibility index (Phi) is 4.39. The summed E-state index contributed by atoms with van der Waals surface area (Å²) in [5.74, 6) is 0.741. The van der Waals surface area contributed by atoms with Crippen LogP contribution in [-0.4, -0.2) is 11.6 Å². The van der Waals surface area contributed by atoms with Crippen molar-refractivity contribution in [2.24, 2.45) is 0 Å². The SMILES string of the molecule is CCCOc1ccc(-c2nc(-c3ccccc3)cs2)cc1N. The van der Waals surface area contributed by atoms with Gasteiger partial charge in [-0.15, -0.1) is 11.3 Å².